The monoisotopic (exact) mass is 555 g/mol. The molecule has 0 saturated carbocycles. The van der Waals surface area contributed by atoms with Crippen molar-refractivity contribution in [2.45, 2.75) is 13.2 Å². The fourth-order valence-corrected chi connectivity index (χ4v) is 4.89. The summed E-state index contributed by atoms with van der Waals surface area (Å²) in [6, 6.07) is 30.4. The number of ether oxygens (including phenoxy) is 1. The highest BCUT2D eigenvalue weighted by Gasteiger charge is 2.07. The van der Waals surface area contributed by atoms with Gasteiger partial charge in [-0.3, -0.25) is 4.98 Å². The van der Waals surface area contributed by atoms with E-state index in [0.29, 0.717) is 25.4 Å². The first-order chi connectivity index (χ1) is 19.3. The molecule has 0 unspecified atom stereocenters. The van der Waals surface area contributed by atoms with Crippen LogP contribution in [0.25, 0.3) is 22.0 Å². The van der Waals surface area contributed by atoms with Crippen LogP contribution in [-0.4, -0.2) is 32.0 Å². The summed E-state index contributed by atoms with van der Waals surface area (Å²) in [5.74, 6) is 0.544. The highest BCUT2D eigenvalue weighted by atomic mass is 32.2. The minimum atomic E-state index is -2.98. The Kier molecular flexibility index (Phi) is 8.38. The second-order valence-electron chi connectivity index (χ2n) is 9.67. The van der Waals surface area contributed by atoms with Crippen molar-refractivity contribution < 1.29 is 17.5 Å². The van der Waals surface area contributed by atoms with E-state index < -0.39 is 9.84 Å². The van der Waals surface area contributed by atoms with Crippen molar-refractivity contribution in [1.82, 2.24) is 10.3 Å². The molecular formula is C32H30FN3O3S. The molecule has 0 radical (unpaired) electrons. The molecule has 0 aliphatic rings. The topological polar surface area (TPSA) is 80.3 Å². The van der Waals surface area contributed by atoms with Crippen LogP contribution in [-0.2, 0) is 23.0 Å². The number of anilines is 2. The molecule has 0 aliphatic heterocycles. The summed E-state index contributed by atoms with van der Waals surface area (Å²) in [6.45, 7) is 1.31. The van der Waals surface area contributed by atoms with E-state index in [1.165, 1.54) is 18.4 Å². The Bertz CT molecular complexity index is 1720. The Balaban J connectivity index is 1.25. The number of rotatable bonds is 11. The maximum Gasteiger partial charge on any atom is 0.148 e. The quantitative estimate of drug-likeness (QED) is 0.181. The Morgan fingerprint density at radius 1 is 0.850 bits per heavy atom. The van der Waals surface area contributed by atoms with E-state index in [9.17, 15) is 12.8 Å². The fraction of sp³-hybridized carbons (Fsp3) is 0.156. The van der Waals surface area contributed by atoms with E-state index >= 15 is 0 Å². The van der Waals surface area contributed by atoms with E-state index in [1.807, 2.05) is 48.5 Å². The molecule has 8 heteroatoms. The molecule has 0 bridgehead atoms. The largest absolute Gasteiger partial charge is 0.489 e. The van der Waals surface area contributed by atoms with Gasteiger partial charge in [0.15, 0.2) is 0 Å². The van der Waals surface area contributed by atoms with E-state index in [2.05, 4.69) is 45.9 Å². The van der Waals surface area contributed by atoms with Crippen LogP contribution in [0.15, 0.2) is 103 Å². The predicted octanol–water partition coefficient (Wildman–Crippen LogP) is 6.50. The number of hydrogen-bond acceptors (Lipinski definition) is 6. The van der Waals surface area contributed by atoms with Crippen molar-refractivity contribution in [3.8, 4) is 16.9 Å². The molecule has 1 aromatic heterocycles. The van der Waals surface area contributed by atoms with Crippen LogP contribution < -0.4 is 15.4 Å². The molecular weight excluding hydrogens is 525 g/mol. The number of sulfone groups is 1. The second kappa shape index (κ2) is 12.3. The molecule has 6 nitrogen and oxygen atoms in total. The third-order valence-corrected chi connectivity index (χ3v) is 7.36. The molecule has 204 valence electrons. The maximum absolute atomic E-state index is 13.4. The Labute approximate surface area is 233 Å². The Morgan fingerprint density at radius 3 is 2.42 bits per heavy atom. The van der Waals surface area contributed by atoms with Gasteiger partial charge in [-0.2, -0.15) is 0 Å². The third kappa shape index (κ3) is 7.43. The average Bonchev–Trinajstić information content (AvgIpc) is 2.95. The SMILES string of the molecule is CS(=O)(=O)CCNCc1cccc(-c2ccc3c(Nc4ccc(OCc5cccc(F)c5)cc4)ccnc3c2)c1. The summed E-state index contributed by atoms with van der Waals surface area (Å²) in [5, 5.41) is 7.66. The smallest absolute Gasteiger partial charge is 0.148 e. The van der Waals surface area contributed by atoms with Gasteiger partial charge < -0.3 is 15.4 Å². The molecule has 0 saturated heterocycles. The average molecular weight is 556 g/mol. The van der Waals surface area contributed by atoms with Crippen molar-refractivity contribution in [3.63, 3.8) is 0 Å². The van der Waals surface area contributed by atoms with Crippen molar-refractivity contribution in [2.24, 2.45) is 0 Å². The lowest BCUT2D eigenvalue weighted by Crippen LogP contribution is -2.21. The van der Waals surface area contributed by atoms with Crippen LogP contribution in [0.1, 0.15) is 11.1 Å². The van der Waals surface area contributed by atoms with E-state index in [0.717, 1.165) is 44.5 Å². The van der Waals surface area contributed by atoms with Crippen molar-refractivity contribution in [1.29, 1.82) is 0 Å². The first-order valence-electron chi connectivity index (χ1n) is 12.9. The second-order valence-corrected chi connectivity index (χ2v) is 11.9. The minimum Gasteiger partial charge on any atom is -0.489 e. The molecule has 0 amide bonds. The highest BCUT2D eigenvalue weighted by molar-refractivity contribution is 7.90. The summed E-state index contributed by atoms with van der Waals surface area (Å²) in [7, 11) is -2.98. The van der Waals surface area contributed by atoms with Gasteiger partial charge in [0.1, 0.15) is 28.0 Å². The Hall–Kier alpha value is -4.27. The molecule has 0 fully saturated rings. The van der Waals surface area contributed by atoms with Gasteiger partial charge >= 0.3 is 0 Å². The molecule has 0 spiro atoms. The zero-order chi connectivity index (χ0) is 28.0. The number of benzene rings is 4. The number of fused-ring (bicyclic) bond motifs is 1. The normalized spacial score (nSPS) is 11.4. The summed E-state index contributed by atoms with van der Waals surface area (Å²) in [4.78, 5) is 4.59. The van der Waals surface area contributed by atoms with Gasteiger partial charge in [0.2, 0.25) is 0 Å². The standard InChI is InChI=1S/C32H30FN3O3S/c1-40(37,38)17-16-34-21-23-4-2-6-25(18-23)26-8-13-30-31(14-15-35-32(30)20-26)36-28-9-11-29(12-10-28)39-22-24-5-3-7-27(33)19-24/h2-15,18-20,34H,16-17,21-22H2,1H3,(H,35,36). The van der Waals surface area contributed by atoms with Crippen molar-refractivity contribution >= 4 is 32.1 Å². The first kappa shape index (κ1) is 27.3. The minimum absolute atomic E-state index is 0.119. The number of nitrogens with one attached hydrogen (secondary N) is 2. The number of hydrogen-bond donors (Lipinski definition) is 2. The maximum atomic E-state index is 13.4. The third-order valence-electron chi connectivity index (χ3n) is 6.41. The number of halogens is 1. The number of aromatic nitrogens is 1. The lowest BCUT2D eigenvalue weighted by atomic mass is 10.0. The number of nitrogens with zero attached hydrogens (tertiary/aromatic N) is 1. The highest BCUT2D eigenvalue weighted by Crippen LogP contribution is 2.30. The lowest BCUT2D eigenvalue weighted by Gasteiger charge is -2.12. The van der Waals surface area contributed by atoms with E-state index in [4.69, 9.17) is 4.74 Å². The van der Waals surface area contributed by atoms with Gasteiger partial charge in [0.05, 0.1) is 11.3 Å². The summed E-state index contributed by atoms with van der Waals surface area (Å²) in [6.07, 6.45) is 3.03. The van der Waals surface area contributed by atoms with Crippen LogP contribution in [0.2, 0.25) is 0 Å². The van der Waals surface area contributed by atoms with E-state index in [1.54, 1.807) is 12.3 Å². The van der Waals surface area contributed by atoms with Crippen LogP contribution in [0, 0.1) is 5.82 Å². The van der Waals surface area contributed by atoms with Gasteiger partial charge in [-0.15, -0.1) is 0 Å². The van der Waals surface area contributed by atoms with Gasteiger partial charge in [-0.1, -0.05) is 42.5 Å². The molecule has 2 N–H and O–H groups in total. The molecule has 5 rings (SSSR count). The van der Waals surface area contributed by atoms with Gasteiger partial charge in [-0.05, 0) is 76.9 Å². The molecule has 0 aliphatic carbocycles. The van der Waals surface area contributed by atoms with Crippen molar-refractivity contribution in [3.05, 3.63) is 120 Å². The Morgan fingerprint density at radius 2 is 1.62 bits per heavy atom. The molecule has 40 heavy (non-hydrogen) atoms. The zero-order valence-electron chi connectivity index (χ0n) is 22.1. The van der Waals surface area contributed by atoms with Gasteiger partial charge in [-0.25, -0.2) is 12.8 Å². The lowest BCUT2D eigenvalue weighted by molar-refractivity contribution is 0.305. The molecule has 1 heterocycles. The molecule has 0 atom stereocenters. The van der Waals surface area contributed by atoms with Gasteiger partial charge in [0, 0.05) is 42.3 Å². The summed E-state index contributed by atoms with van der Waals surface area (Å²) in [5.41, 5.74) is 6.69. The predicted molar refractivity (Wildman–Crippen MR) is 159 cm³/mol. The van der Waals surface area contributed by atoms with E-state index in [-0.39, 0.29) is 11.6 Å². The first-order valence-corrected chi connectivity index (χ1v) is 15.0. The number of pyridine rings is 1. The van der Waals surface area contributed by atoms with Crippen LogP contribution in [0.5, 0.6) is 5.75 Å². The van der Waals surface area contributed by atoms with Crippen LogP contribution in [0.4, 0.5) is 15.8 Å². The zero-order valence-corrected chi connectivity index (χ0v) is 22.9. The molecule has 5 aromatic rings. The summed E-state index contributed by atoms with van der Waals surface area (Å²) < 4.78 is 41.9. The van der Waals surface area contributed by atoms with Gasteiger partial charge in [0.25, 0.3) is 0 Å². The van der Waals surface area contributed by atoms with Crippen LogP contribution >= 0.6 is 0 Å². The van der Waals surface area contributed by atoms with Crippen molar-refractivity contribution in [2.75, 3.05) is 23.9 Å². The summed E-state index contributed by atoms with van der Waals surface area (Å²) >= 11 is 0. The van der Waals surface area contributed by atoms with Crippen LogP contribution in [0.3, 0.4) is 0 Å². The fourth-order valence-electron chi connectivity index (χ4n) is 4.37. The molecule has 4 aromatic carbocycles.